The number of fused-ring (bicyclic) bond motifs is 1. The number of nitrogens with one attached hydrogen (secondary N) is 1. The van der Waals surface area contributed by atoms with Gasteiger partial charge in [0.15, 0.2) is 11.4 Å². The predicted octanol–water partition coefficient (Wildman–Crippen LogP) is 6.77. The fourth-order valence-electron chi connectivity index (χ4n) is 2.67. The summed E-state index contributed by atoms with van der Waals surface area (Å²) in [5.41, 5.74) is 3.55. The summed E-state index contributed by atoms with van der Waals surface area (Å²) in [6.45, 7) is 0. The summed E-state index contributed by atoms with van der Waals surface area (Å²) < 4.78 is 5.63. The number of nitrogens with zero attached hydrogens (tertiary/aromatic N) is 1. The summed E-state index contributed by atoms with van der Waals surface area (Å²) in [7, 11) is 0. The zero-order chi connectivity index (χ0) is 19.5. The fourth-order valence-corrected chi connectivity index (χ4v) is 3.14. The first kappa shape index (κ1) is 18.3. The van der Waals surface area contributed by atoms with E-state index in [1.807, 2.05) is 24.3 Å². The van der Waals surface area contributed by atoms with Gasteiger partial charge in [-0.3, -0.25) is 4.79 Å². The molecule has 0 saturated heterocycles. The summed E-state index contributed by atoms with van der Waals surface area (Å²) >= 11 is 12.0. The molecule has 138 valence electrons. The number of carbonyl (C=O) groups is 1. The molecule has 0 aliphatic carbocycles. The minimum absolute atomic E-state index is 0.126. The first-order chi connectivity index (χ1) is 13.6. The van der Waals surface area contributed by atoms with Crippen LogP contribution in [0.4, 0.5) is 11.7 Å². The molecule has 0 radical (unpaired) electrons. The summed E-state index contributed by atoms with van der Waals surface area (Å²) in [6, 6.07) is 20.1. The molecular weight excluding hydrogens is 395 g/mol. The van der Waals surface area contributed by atoms with Crippen LogP contribution in [-0.2, 0) is 0 Å². The lowest BCUT2D eigenvalue weighted by molar-refractivity contribution is 0.104. The standard InChI is InChI=1S/C22H14Cl2N2O2/c23-16-9-5-14(18(24)13-16)8-12-20(27)15-6-10-17(11-7-15)25-22-26-19-3-1-2-4-21(19)28-22/h1-13H,(H,25,26)/b12-8+. The van der Waals surface area contributed by atoms with Gasteiger partial charge in [0.2, 0.25) is 0 Å². The lowest BCUT2D eigenvalue weighted by atomic mass is 10.1. The van der Waals surface area contributed by atoms with Gasteiger partial charge in [-0.15, -0.1) is 0 Å². The van der Waals surface area contributed by atoms with Crippen LogP contribution in [0.25, 0.3) is 17.2 Å². The van der Waals surface area contributed by atoms with E-state index in [9.17, 15) is 4.79 Å². The maximum Gasteiger partial charge on any atom is 0.300 e. The van der Waals surface area contributed by atoms with E-state index >= 15 is 0 Å². The molecule has 0 saturated carbocycles. The lowest BCUT2D eigenvalue weighted by Gasteiger charge is -2.03. The highest BCUT2D eigenvalue weighted by molar-refractivity contribution is 6.35. The summed E-state index contributed by atoms with van der Waals surface area (Å²) in [4.78, 5) is 16.7. The van der Waals surface area contributed by atoms with Gasteiger partial charge in [-0.25, -0.2) is 0 Å². The van der Waals surface area contributed by atoms with Crippen molar-refractivity contribution in [1.29, 1.82) is 0 Å². The van der Waals surface area contributed by atoms with Crippen molar-refractivity contribution in [3.05, 3.63) is 94.0 Å². The minimum Gasteiger partial charge on any atom is -0.423 e. The second kappa shape index (κ2) is 7.89. The zero-order valence-electron chi connectivity index (χ0n) is 14.5. The fraction of sp³-hybridized carbons (Fsp3) is 0. The largest absolute Gasteiger partial charge is 0.423 e. The Kier molecular flexibility index (Phi) is 5.15. The van der Waals surface area contributed by atoms with Crippen molar-refractivity contribution >= 4 is 57.9 Å². The van der Waals surface area contributed by atoms with Crippen LogP contribution in [0.2, 0.25) is 10.0 Å². The van der Waals surface area contributed by atoms with Crippen molar-refractivity contribution in [1.82, 2.24) is 4.98 Å². The van der Waals surface area contributed by atoms with Gasteiger partial charge in [0.1, 0.15) is 5.52 Å². The van der Waals surface area contributed by atoms with Gasteiger partial charge in [0, 0.05) is 21.3 Å². The van der Waals surface area contributed by atoms with Crippen LogP contribution >= 0.6 is 23.2 Å². The highest BCUT2D eigenvalue weighted by atomic mass is 35.5. The Bertz CT molecular complexity index is 1150. The number of halogens is 2. The minimum atomic E-state index is -0.126. The molecule has 28 heavy (non-hydrogen) atoms. The second-order valence-corrected chi connectivity index (χ2v) is 6.90. The van der Waals surface area contributed by atoms with Crippen molar-refractivity contribution in [2.45, 2.75) is 0 Å². The van der Waals surface area contributed by atoms with Gasteiger partial charge in [0.05, 0.1) is 0 Å². The summed E-state index contributed by atoms with van der Waals surface area (Å²) in [6.07, 6.45) is 3.16. The van der Waals surface area contributed by atoms with Crippen molar-refractivity contribution in [3.63, 3.8) is 0 Å². The molecule has 1 aromatic heterocycles. The van der Waals surface area contributed by atoms with Crippen molar-refractivity contribution in [3.8, 4) is 0 Å². The second-order valence-electron chi connectivity index (χ2n) is 6.05. The third-order valence-corrected chi connectivity index (χ3v) is 4.65. The highest BCUT2D eigenvalue weighted by Crippen LogP contribution is 2.23. The number of ketones is 1. The molecule has 0 aliphatic heterocycles. The van der Waals surface area contributed by atoms with Crippen LogP contribution in [0.5, 0.6) is 0 Å². The summed E-state index contributed by atoms with van der Waals surface area (Å²) in [5, 5.41) is 4.14. The number of hydrogen-bond acceptors (Lipinski definition) is 4. The van der Waals surface area contributed by atoms with E-state index in [1.54, 1.807) is 48.5 Å². The van der Waals surface area contributed by atoms with E-state index in [2.05, 4.69) is 10.3 Å². The third kappa shape index (κ3) is 4.09. The monoisotopic (exact) mass is 408 g/mol. The number of rotatable bonds is 5. The van der Waals surface area contributed by atoms with E-state index in [0.717, 1.165) is 16.8 Å². The Morgan fingerprint density at radius 3 is 2.54 bits per heavy atom. The van der Waals surface area contributed by atoms with Crippen LogP contribution in [-0.4, -0.2) is 10.8 Å². The van der Waals surface area contributed by atoms with Crippen LogP contribution in [0, 0.1) is 0 Å². The van der Waals surface area contributed by atoms with Gasteiger partial charge in [0.25, 0.3) is 6.01 Å². The van der Waals surface area contributed by atoms with Gasteiger partial charge < -0.3 is 9.73 Å². The van der Waals surface area contributed by atoms with Crippen LogP contribution in [0.3, 0.4) is 0 Å². The van der Waals surface area contributed by atoms with E-state index in [0.29, 0.717) is 27.2 Å². The number of allylic oxidation sites excluding steroid dienone is 1. The van der Waals surface area contributed by atoms with Crippen LogP contribution < -0.4 is 5.32 Å². The van der Waals surface area contributed by atoms with Crippen LogP contribution in [0.15, 0.2) is 77.2 Å². The third-order valence-electron chi connectivity index (χ3n) is 4.09. The van der Waals surface area contributed by atoms with E-state index in [1.165, 1.54) is 6.08 Å². The maximum absolute atomic E-state index is 12.4. The van der Waals surface area contributed by atoms with Crippen molar-refractivity contribution in [2.24, 2.45) is 0 Å². The topological polar surface area (TPSA) is 55.1 Å². The van der Waals surface area contributed by atoms with Gasteiger partial charge in [-0.1, -0.05) is 41.4 Å². The average Bonchev–Trinajstić information content (AvgIpc) is 3.10. The number of anilines is 2. The Hall–Kier alpha value is -3.08. The van der Waals surface area contributed by atoms with E-state index in [-0.39, 0.29) is 5.78 Å². The van der Waals surface area contributed by atoms with Crippen molar-refractivity contribution < 1.29 is 9.21 Å². The first-order valence-electron chi connectivity index (χ1n) is 8.48. The number of hydrogen-bond donors (Lipinski definition) is 1. The molecule has 0 fully saturated rings. The molecule has 0 amide bonds. The molecule has 4 aromatic rings. The number of oxazole rings is 1. The molecule has 0 unspecified atom stereocenters. The normalized spacial score (nSPS) is 11.2. The predicted molar refractivity (Wildman–Crippen MR) is 114 cm³/mol. The average molecular weight is 409 g/mol. The van der Waals surface area contributed by atoms with E-state index in [4.69, 9.17) is 27.6 Å². The quantitative estimate of drug-likeness (QED) is 0.292. The Balaban J connectivity index is 1.46. The molecule has 0 atom stereocenters. The van der Waals surface area contributed by atoms with Gasteiger partial charge in [-0.05, 0) is 66.2 Å². The molecule has 3 aromatic carbocycles. The Morgan fingerprint density at radius 2 is 1.79 bits per heavy atom. The molecular formula is C22H14Cl2N2O2. The number of aromatic nitrogens is 1. The van der Waals surface area contributed by atoms with E-state index < -0.39 is 0 Å². The Morgan fingerprint density at radius 1 is 1.00 bits per heavy atom. The van der Waals surface area contributed by atoms with Gasteiger partial charge >= 0.3 is 0 Å². The molecule has 4 rings (SSSR count). The first-order valence-corrected chi connectivity index (χ1v) is 9.24. The SMILES string of the molecule is O=C(/C=C/c1ccc(Cl)cc1Cl)c1ccc(Nc2nc3ccccc3o2)cc1. The molecule has 0 spiro atoms. The number of carbonyl (C=O) groups excluding carboxylic acids is 1. The smallest absolute Gasteiger partial charge is 0.300 e. The van der Waals surface area contributed by atoms with Crippen LogP contribution in [0.1, 0.15) is 15.9 Å². The highest BCUT2D eigenvalue weighted by Gasteiger charge is 2.07. The lowest BCUT2D eigenvalue weighted by Crippen LogP contribution is -1.95. The number of para-hydroxylation sites is 2. The van der Waals surface area contributed by atoms with Crippen molar-refractivity contribution in [2.75, 3.05) is 5.32 Å². The number of benzene rings is 3. The summed E-state index contributed by atoms with van der Waals surface area (Å²) in [5.74, 6) is -0.126. The molecule has 0 bridgehead atoms. The maximum atomic E-state index is 12.4. The molecule has 6 heteroatoms. The van der Waals surface area contributed by atoms with Gasteiger partial charge in [-0.2, -0.15) is 4.98 Å². The molecule has 1 N–H and O–H groups in total. The Labute approximate surface area is 171 Å². The zero-order valence-corrected chi connectivity index (χ0v) is 16.0. The molecule has 4 nitrogen and oxygen atoms in total. The molecule has 1 heterocycles. The molecule has 0 aliphatic rings.